The smallest absolute Gasteiger partial charge is 0.276 e. The van der Waals surface area contributed by atoms with Gasteiger partial charge in [0.25, 0.3) is 5.91 Å². The summed E-state index contributed by atoms with van der Waals surface area (Å²) in [6.45, 7) is 9.42. The van der Waals surface area contributed by atoms with Crippen molar-refractivity contribution in [3.05, 3.63) is 41.1 Å². The predicted molar refractivity (Wildman–Crippen MR) is 86.6 cm³/mol. The Kier molecular flexibility index (Phi) is 5.83. The van der Waals surface area contributed by atoms with Crippen LogP contribution < -0.4 is 20.5 Å². The molecule has 1 heterocycles. The van der Waals surface area contributed by atoms with Crippen LogP contribution in [0.2, 0.25) is 0 Å². The van der Waals surface area contributed by atoms with Crippen LogP contribution in [-0.2, 0) is 4.79 Å². The van der Waals surface area contributed by atoms with E-state index in [9.17, 15) is 4.79 Å². The van der Waals surface area contributed by atoms with E-state index in [1.54, 1.807) is 4.90 Å². The van der Waals surface area contributed by atoms with Crippen LogP contribution in [0.1, 0.15) is 24.5 Å². The van der Waals surface area contributed by atoms with Crippen molar-refractivity contribution in [2.24, 2.45) is 0 Å². The van der Waals surface area contributed by atoms with Gasteiger partial charge in [0.1, 0.15) is 5.75 Å². The number of rotatable bonds is 6. The van der Waals surface area contributed by atoms with Gasteiger partial charge in [-0.25, -0.2) is 0 Å². The Hall–Kier alpha value is -2.01. The van der Waals surface area contributed by atoms with E-state index in [0.29, 0.717) is 0 Å². The maximum atomic E-state index is 11.8. The highest BCUT2D eigenvalue weighted by molar-refractivity contribution is 5.77. The standard InChI is InChI=1S/C17H25N3O2/c1-4-20-9-7-15(8-10-20)18-19-17(21)12-22-16-11-13(2)5-6-14(16)3/h5-7,11,18H,4,8-10,12H2,1-3H3,(H,19,21)/p+1. The van der Waals surface area contributed by atoms with Gasteiger partial charge in [-0.1, -0.05) is 12.1 Å². The topological polar surface area (TPSA) is 54.8 Å². The molecule has 0 bridgehead atoms. The second-order valence-corrected chi connectivity index (χ2v) is 5.77. The molecule has 0 radical (unpaired) electrons. The van der Waals surface area contributed by atoms with Crippen LogP contribution in [0.5, 0.6) is 5.75 Å². The van der Waals surface area contributed by atoms with Crippen LogP contribution in [0.3, 0.4) is 0 Å². The minimum atomic E-state index is -0.174. The maximum Gasteiger partial charge on any atom is 0.276 e. The van der Waals surface area contributed by atoms with Crippen molar-refractivity contribution in [2.75, 3.05) is 26.2 Å². The van der Waals surface area contributed by atoms with Gasteiger partial charge in [-0.2, -0.15) is 0 Å². The fourth-order valence-electron chi connectivity index (χ4n) is 2.41. The van der Waals surface area contributed by atoms with E-state index in [2.05, 4.69) is 23.9 Å². The zero-order valence-electron chi connectivity index (χ0n) is 13.7. The fourth-order valence-corrected chi connectivity index (χ4v) is 2.41. The van der Waals surface area contributed by atoms with Gasteiger partial charge in [0.05, 0.1) is 19.6 Å². The summed E-state index contributed by atoms with van der Waals surface area (Å²) in [7, 11) is 0. The Morgan fingerprint density at radius 3 is 2.86 bits per heavy atom. The summed E-state index contributed by atoms with van der Waals surface area (Å²) < 4.78 is 5.58. The van der Waals surface area contributed by atoms with Gasteiger partial charge >= 0.3 is 0 Å². The first-order chi connectivity index (χ1) is 10.6. The van der Waals surface area contributed by atoms with Crippen LogP contribution in [0.15, 0.2) is 30.0 Å². The second-order valence-electron chi connectivity index (χ2n) is 5.77. The third kappa shape index (κ3) is 4.77. The number of benzene rings is 1. The summed E-state index contributed by atoms with van der Waals surface area (Å²) in [5, 5.41) is 0. The van der Waals surface area contributed by atoms with E-state index >= 15 is 0 Å². The Bertz CT molecular complexity index is 555. The van der Waals surface area contributed by atoms with Gasteiger partial charge in [0, 0.05) is 12.1 Å². The zero-order valence-corrected chi connectivity index (χ0v) is 13.7. The lowest BCUT2D eigenvalue weighted by Gasteiger charge is -2.23. The van der Waals surface area contributed by atoms with Gasteiger partial charge in [-0.15, -0.1) is 0 Å². The van der Waals surface area contributed by atoms with Crippen LogP contribution in [0, 0.1) is 13.8 Å². The van der Waals surface area contributed by atoms with E-state index < -0.39 is 0 Å². The third-order valence-corrected chi connectivity index (χ3v) is 3.95. The molecule has 120 valence electrons. The van der Waals surface area contributed by atoms with Crippen LogP contribution in [-0.4, -0.2) is 32.1 Å². The number of likely N-dealkylation sites (N-methyl/N-ethyl adjacent to an activating group) is 1. The van der Waals surface area contributed by atoms with Gasteiger partial charge in [-0.05, 0) is 44.0 Å². The van der Waals surface area contributed by atoms with Crippen LogP contribution >= 0.6 is 0 Å². The van der Waals surface area contributed by atoms with Crippen molar-refractivity contribution in [1.29, 1.82) is 0 Å². The lowest BCUT2D eigenvalue weighted by Crippen LogP contribution is -3.12. The lowest BCUT2D eigenvalue weighted by atomic mass is 10.1. The van der Waals surface area contributed by atoms with Crippen molar-refractivity contribution in [3.8, 4) is 5.75 Å². The Morgan fingerprint density at radius 2 is 2.18 bits per heavy atom. The molecule has 0 saturated heterocycles. The number of ether oxygens (including phenoxy) is 1. The van der Waals surface area contributed by atoms with E-state index in [1.807, 2.05) is 32.0 Å². The Balaban J connectivity index is 1.74. The summed E-state index contributed by atoms with van der Waals surface area (Å²) in [5.74, 6) is 0.585. The molecule has 0 aliphatic carbocycles. The highest BCUT2D eigenvalue weighted by Crippen LogP contribution is 2.18. The van der Waals surface area contributed by atoms with Gasteiger partial charge in [0.15, 0.2) is 6.61 Å². The normalized spacial score (nSPS) is 17.6. The van der Waals surface area contributed by atoms with E-state index in [-0.39, 0.29) is 12.5 Å². The molecule has 0 fully saturated rings. The number of amides is 1. The molecule has 1 unspecified atom stereocenters. The highest BCUT2D eigenvalue weighted by Gasteiger charge is 2.13. The average Bonchev–Trinajstić information content (AvgIpc) is 2.54. The first kappa shape index (κ1) is 16.4. The zero-order chi connectivity index (χ0) is 15.9. The molecular weight excluding hydrogens is 278 g/mol. The molecule has 1 aliphatic heterocycles. The molecule has 3 N–H and O–H groups in total. The molecule has 0 saturated carbocycles. The van der Waals surface area contributed by atoms with E-state index in [1.165, 1.54) is 0 Å². The molecule has 5 heteroatoms. The number of carbonyl (C=O) groups excluding carboxylic acids is 1. The quantitative estimate of drug-likeness (QED) is 0.671. The first-order valence-corrected chi connectivity index (χ1v) is 7.86. The first-order valence-electron chi connectivity index (χ1n) is 7.86. The largest absolute Gasteiger partial charge is 0.483 e. The molecule has 5 nitrogen and oxygen atoms in total. The van der Waals surface area contributed by atoms with E-state index in [0.717, 1.165) is 48.6 Å². The number of hydrogen-bond acceptors (Lipinski definition) is 3. The number of hydrazine groups is 1. The summed E-state index contributed by atoms with van der Waals surface area (Å²) in [6, 6.07) is 5.97. The van der Waals surface area contributed by atoms with Gasteiger partial charge in [0.2, 0.25) is 0 Å². The monoisotopic (exact) mass is 304 g/mol. The van der Waals surface area contributed by atoms with Crippen molar-refractivity contribution in [1.82, 2.24) is 10.9 Å². The van der Waals surface area contributed by atoms with E-state index in [4.69, 9.17) is 4.74 Å². The number of aryl methyl sites for hydroxylation is 2. The van der Waals surface area contributed by atoms with Gasteiger partial charge in [-0.3, -0.25) is 10.2 Å². The molecule has 1 amide bonds. The molecule has 22 heavy (non-hydrogen) atoms. The second kappa shape index (κ2) is 7.84. The summed E-state index contributed by atoms with van der Waals surface area (Å²) in [4.78, 5) is 13.4. The Labute approximate surface area is 132 Å². The molecule has 1 aromatic rings. The molecule has 1 atom stereocenters. The minimum absolute atomic E-state index is 0.0108. The third-order valence-electron chi connectivity index (χ3n) is 3.95. The molecule has 1 aromatic carbocycles. The molecule has 0 aromatic heterocycles. The van der Waals surface area contributed by atoms with Crippen molar-refractivity contribution < 1.29 is 14.4 Å². The maximum absolute atomic E-state index is 11.8. The number of hydrogen-bond donors (Lipinski definition) is 3. The minimum Gasteiger partial charge on any atom is -0.483 e. The highest BCUT2D eigenvalue weighted by atomic mass is 16.5. The average molecular weight is 304 g/mol. The molecular formula is C17H26N3O2+. The van der Waals surface area contributed by atoms with Crippen LogP contribution in [0.4, 0.5) is 0 Å². The van der Waals surface area contributed by atoms with Crippen LogP contribution in [0.25, 0.3) is 0 Å². The fraction of sp³-hybridized carbons (Fsp3) is 0.471. The Morgan fingerprint density at radius 1 is 1.36 bits per heavy atom. The lowest BCUT2D eigenvalue weighted by molar-refractivity contribution is -0.893. The molecule has 2 rings (SSSR count). The predicted octanol–water partition coefficient (Wildman–Crippen LogP) is 0.495. The number of nitrogens with one attached hydrogen (secondary N) is 3. The molecule has 1 aliphatic rings. The van der Waals surface area contributed by atoms with Crippen molar-refractivity contribution >= 4 is 5.91 Å². The summed E-state index contributed by atoms with van der Waals surface area (Å²) in [5.41, 5.74) is 8.93. The van der Waals surface area contributed by atoms with Gasteiger partial charge < -0.3 is 15.1 Å². The van der Waals surface area contributed by atoms with Crippen molar-refractivity contribution in [2.45, 2.75) is 27.2 Å². The molecule has 0 spiro atoms. The number of carbonyl (C=O) groups is 1. The summed E-state index contributed by atoms with van der Waals surface area (Å²) in [6.07, 6.45) is 3.11. The summed E-state index contributed by atoms with van der Waals surface area (Å²) >= 11 is 0. The number of quaternary nitrogens is 1. The SMILES string of the molecule is CC[NH+]1CC=C(NNC(=O)COc2cc(C)ccc2C)CC1. The van der Waals surface area contributed by atoms with Crippen molar-refractivity contribution in [3.63, 3.8) is 0 Å².